The van der Waals surface area contributed by atoms with Crippen LogP contribution in [0.5, 0.6) is 0 Å². The molecule has 0 fully saturated rings. The van der Waals surface area contributed by atoms with E-state index in [0.717, 1.165) is 5.69 Å². The van der Waals surface area contributed by atoms with Gasteiger partial charge in [0, 0.05) is 23.3 Å². The van der Waals surface area contributed by atoms with E-state index in [9.17, 15) is 10.1 Å². The highest BCUT2D eigenvalue weighted by Gasteiger charge is 2.12. The van der Waals surface area contributed by atoms with Gasteiger partial charge in [-0.2, -0.15) is 0 Å². The van der Waals surface area contributed by atoms with Gasteiger partial charge < -0.3 is 5.32 Å². The van der Waals surface area contributed by atoms with Crippen molar-refractivity contribution in [3.8, 4) is 0 Å². The summed E-state index contributed by atoms with van der Waals surface area (Å²) in [6.07, 6.45) is 0. The molecular formula is C7H6BBrN2O2. The van der Waals surface area contributed by atoms with E-state index in [1.165, 1.54) is 12.1 Å². The minimum atomic E-state index is -0.514. The number of nitrogens with zero attached hydrogens (tertiary/aromatic N) is 1. The third-order valence-electron chi connectivity index (χ3n) is 1.58. The summed E-state index contributed by atoms with van der Waals surface area (Å²) < 4.78 is 0.621. The zero-order chi connectivity index (χ0) is 10.0. The molecule has 1 aromatic carbocycles. The van der Waals surface area contributed by atoms with Gasteiger partial charge in [-0.3, -0.25) is 10.1 Å². The van der Waals surface area contributed by atoms with Crippen molar-refractivity contribution in [2.75, 3.05) is 12.4 Å². The van der Waals surface area contributed by atoms with E-state index in [1.54, 1.807) is 7.05 Å². The lowest BCUT2D eigenvalue weighted by Gasteiger charge is -2.05. The van der Waals surface area contributed by atoms with Gasteiger partial charge in [0.15, 0.2) is 0 Å². The second kappa shape index (κ2) is 3.78. The molecule has 0 bridgehead atoms. The largest absolute Gasteiger partial charge is 0.387 e. The summed E-state index contributed by atoms with van der Waals surface area (Å²) >= 11 is 3.19. The van der Waals surface area contributed by atoms with Crippen molar-refractivity contribution in [1.82, 2.24) is 0 Å². The van der Waals surface area contributed by atoms with Crippen molar-refractivity contribution in [2.24, 2.45) is 0 Å². The molecule has 4 nitrogen and oxygen atoms in total. The van der Waals surface area contributed by atoms with Gasteiger partial charge in [0.2, 0.25) is 0 Å². The van der Waals surface area contributed by atoms with Gasteiger partial charge in [-0.15, -0.1) is 0 Å². The number of halogens is 1. The van der Waals surface area contributed by atoms with Crippen molar-refractivity contribution in [1.29, 1.82) is 0 Å². The molecule has 0 heterocycles. The van der Waals surface area contributed by atoms with E-state index in [-0.39, 0.29) is 11.2 Å². The Hall–Kier alpha value is -1.04. The number of benzene rings is 1. The molecule has 0 saturated carbocycles. The Morgan fingerprint density at radius 2 is 2.23 bits per heavy atom. The van der Waals surface area contributed by atoms with Crippen LogP contribution in [0.2, 0.25) is 0 Å². The topological polar surface area (TPSA) is 55.2 Å². The number of hydrogen-bond acceptors (Lipinski definition) is 3. The number of nitro benzene ring substituents is 1. The number of nitro groups is 1. The van der Waals surface area contributed by atoms with Crippen LogP contribution in [0, 0.1) is 10.1 Å². The molecule has 0 aromatic heterocycles. The Morgan fingerprint density at radius 1 is 1.62 bits per heavy atom. The number of rotatable bonds is 2. The average molecular weight is 241 g/mol. The fourth-order valence-corrected chi connectivity index (χ4v) is 1.46. The normalized spacial score (nSPS) is 9.69. The van der Waals surface area contributed by atoms with Crippen LogP contribution < -0.4 is 10.8 Å². The first-order valence-electron chi connectivity index (χ1n) is 3.47. The van der Waals surface area contributed by atoms with Gasteiger partial charge in [-0.05, 0) is 27.5 Å². The van der Waals surface area contributed by atoms with Crippen LogP contribution in [0.3, 0.4) is 0 Å². The molecule has 0 atom stereocenters. The summed E-state index contributed by atoms with van der Waals surface area (Å²) in [5.74, 6) is 0. The van der Waals surface area contributed by atoms with E-state index in [0.29, 0.717) is 4.47 Å². The van der Waals surface area contributed by atoms with Crippen LogP contribution in [-0.2, 0) is 0 Å². The van der Waals surface area contributed by atoms with Gasteiger partial charge >= 0.3 is 0 Å². The van der Waals surface area contributed by atoms with Gasteiger partial charge in [-0.1, -0.05) is 0 Å². The predicted molar refractivity (Wildman–Crippen MR) is 55.7 cm³/mol. The molecule has 0 unspecified atom stereocenters. The lowest BCUT2D eigenvalue weighted by molar-refractivity contribution is -0.383. The van der Waals surface area contributed by atoms with Crippen molar-refractivity contribution in [3.05, 3.63) is 26.7 Å². The number of nitrogens with one attached hydrogen (secondary N) is 1. The maximum absolute atomic E-state index is 10.5. The molecule has 1 N–H and O–H groups in total. The monoisotopic (exact) mass is 240 g/mol. The van der Waals surface area contributed by atoms with Crippen LogP contribution >= 0.6 is 15.9 Å². The molecular weight excluding hydrogens is 235 g/mol. The molecule has 0 aliphatic heterocycles. The average Bonchev–Trinajstić information content (AvgIpc) is 2.07. The third kappa shape index (κ3) is 2.00. The van der Waals surface area contributed by atoms with E-state index in [4.69, 9.17) is 7.85 Å². The number of hydrogen-bond donors (Lipinski definition) is 1. The lowest BCUT2D eigenvalue weighted by Crippen LogP contribution is -2.10. The van der Waals surface area contributed by atoms with Crippen LogP contribution in [0.25, 0.3) is 0 Å². The van der Waals surface area contributed by atoms with Crippen molar-refractivity contribution in [2.45, 2.75) is 0 Å². The standard InChI is InChI=1S/C7H6BBrN2O2/c1-10-6-2-4(8)7(11(12)13)3-5(6)9/h2-3,10H,1H3. The van der Waals surface area contributed by atoms with E-state index >= 15 is 0 Å². The van der Waals surface area contributed by atoms with Gasteiger partial charge in [0.05, 0.1) is 4.92 Å². The Labute approximate surface area is 85.0 Å². The van der Waals surface area contributed by atoms with Crippen molar-refractivity contribution < 1.29 is 4.92 Å². The Bertz CT molecular complexity index is 357. The molecule has 0 aliphatic carbocycles. The summed E-state index contributed by atoms with van der Waals surface area (Å²) in [4.78, 5) is 9.94. The van der Waals surface area contributed by atoms with Crippen LogP contribution in [0.15, 0.2) is 16.6 Å². The zero-order valence-electron chi connectivity index (χ0n) is 6.87. The Morgan fingerprint density at radius 3 is 2.69 bits per heavy atom. The number of anilines is 1. The van der Waals surface area contributed by atoms with Crippen LogP contribution in [-0.4, -0.2) is 19.8 Å². The highest BCUT2D eigenvalue weighted by Crippen LogP contribution is 2.24. The fourth-order valence-electron chi connectivity index (χ4n) is 0.929. The van der Waals surface area contributed by atoms with E-state index < -0.39 is 4.92 Å². The first kappa shape index (κ1) is 10.0. The summed E-state index contributed by atoms with van der Waals surface area (Å²) in [5, 5.41) is 13.3. The minimum absolute atomic E-state index is 0.0918. The second-order valence-electron chi connectivity index (χ2n) is 2.40. The molecule has 0 spiro atoms. The zero-order valence-corrected chi connectivity index (χ0v) is 8.46. The first-order valence-corrected chi connectivity index (χ1v) is 4.26. The molecule has 2 radical (unpaired) electrons. The molecule has 0 amide bonds. The molecule has 13 heavy (non-hydrogen) atoms. The quantitative estimate of drug-likeness (QED) is 0.480. The van der Waals surface area contributed by atoms with E-state index in [1.807, 2.05) is 0 Å². The lowest BCUT2D eigenvalue weighted by atomic mass is 9.93. The Balaban J connectivity index is 3.28. The third-order valence-corrected chi connectivity index (χ3v) is 2.24. The summed E-state index contributed by atoms with van der Waals surface area (Å²) in [6.45, 7) is 0. The van der Waals surface area contributed by atoms with Crippen LogP contribution in [0.4, 0.5) is 11.4 Å². The molecule has 1 rings (SSSR count). The molecule has 1 aromatic rings. The molecule has 0 aliphatic rings. The first-order chi connectivity index (χ1) is 6.06. The molecule has 66 valence electrons. The summed E-state index contributed by atoms with van der Waals surface area (Å²) in [6, 6.07) is 2.89. The summed E-state index contributed by atoms with van der Waals surface area (Å²) in [5.41, 5.74) is 0.784. The van der Waals surface area contributed by atoms with Crippen molar-refractivity contribution in [3.63, 3.8) is 0 Å². The van der Waals surface area contributed by atoms with Gasteiger partial charge in [-0.25, -0.2) is 0 Å². The summed E-state index contributed by atoms with van der Waals surface area (Å²) in [7, 11) is 7.18. The highest BCUT2D eigenvalue weighted by atomic mass is 79.9. The second-order valence-corrected chi connectivity index (χ2v) is 3.25. The maximum atomic E-state index is 10.5. The maximum Gasteiger partial charge on any atom is 0.263 e. The smallest absolute Gasteiger partial charge is 0.263 e. The SMILES string of the molecule is [B]c1cc(NC)c(Br)cc1[N+](=O)[O-]. The van der Waals surface area contributed by atoms with E-state index in [2.05, 4.69) is 21.2 Å². The van der Waals surface area contributed by atoms with Crippen molar-refractivity contribution >= 4 is 40.6 Å². The molecule has 0 saturated heterocycles. The van der Waals surface area contributed by atoms with Crippen LogP contribution in [0.1, 0.15) is 0 Å². The fraction of sp³-hybridized carbons (Fsp3) is 0.143. The highest BCUT2D eigenvalue weighted by molar-refractivity contribution is 9.10. The minimum Gasteiger partial charge on any atom is -0.387 e. The predicted octanol–water partition coefficient (Wildman–Crippen LogP) is 1.19. The van der Waals surface area contributed by atoms with Gasteiger partial charge in [0.1, 0.15) is 7.85 Å². The van der Waals surface area contributed by atoms with Gasteiger partial charge in [0.25, 0.3) is 5.69 Å². The molecule has 6 heteroatoms. The Kier molecular flexibility index (Phi) is 2.92.